The fraction of sp³-hybridized carbons (Fsp3) is 0.500. The third-order valence-electron chi connectivity index (χ3n) is 2.73. The molecule has 0 saturated carbocycles. The first kappa shape index (κ1) is 13.2. The molecule has 0 spiro atoms. The molecule has 0 amide bonds. The lowest BCUT2D eigenvalue weighted by atomic mass is 10.1. The van der Waals surface area contributed by atoms with Crippen molar-refractivity contribution in [3.05, 3.63) is 18.3 Å². The van der Waals surface area contributed by atoms with Crippen LogP contribution >= 0.6 is 0 Å². The lowest BCUT2D eigenvalue weighted by molar-refractivity contribution is 0.0832. The highest BCUT2D eigenvalue weighted by molar-refractivity contribution is 7.89. The van der Waals surface area contributed by atoms with Crippen molar-refractivity contribution in [3.63, 3.8) is 0 Å². The Hall–Kier alpha value is -1.22. The predicted octanol–water partition coefficient (Wildman–Crippen LogP) is -0.175. The van der Waals surface area contributed by atoms with Crippen LogP contribution in [0.3, 0.4) is 0 Å². The van der Waals surface area contributed by atoms with E-state index in [0.717, 1.165) is 0 Å². The third kappa shape index (κ3) is 3.16. The first-order valence-corrected chi connectivity index (χ1v) is 7.13. The van der Waals surface area contributed by atoms with E-state index in [2.05, 4.69) is 15.1 Å². The predicted molar refractivity (Wildman–Crippen MR) is 66.2 cm³/mol. The molecular weight excluding hydrogens is 256 g/mol. The minimum atomic E-state index is -3.53. The quantitative estimate of drug-likeness (QED) is 0.519. The third-order valence-corrected chi connectivity index (χ3v) is 4.25. The van der Waals surface area contributed by atoms with Gasteiger partial charge in [0.15, 0.2) is 0 Å². The fourth-order valence-corrected chi connectivity index (χ4v) is 3.08. The van der Waals surface area contributed by atoms with Crippen molar-refractivity contribution >= 4 is 15.8 Å². The van der Waals surface area contributed by atoms with Crippen LogP contribution in [0.25, 0.3) is 0 Å². The molecule has 2 rings (SSSR count). The Labute approximate surface area is 106 Å². The Morgan fingerprint density at radius 1 is 1.39 bits per heavy atom. The Morgan fingerprint density at radius 2 is 2.11 bits per heavy atom. The molecule has 1 aromatic heterocycles. The van der Waals surface area contributed by atoms with Crippen LogP contribution in [-0.4, -0.2) is 32.7 Å². The maximum absolute atomic E-state index is 12.1. The Bertz CT molecular complexity index is 500. The molecule has 0 bridgehead atoms. The van der Waals surface area contributed by atoms with Gasteiger partial charge < -0.3 is 10.2 Å². The van der Waals surface area contributed by atoms with E-state index in [-0.39, 0.29) is 10.9 Å². The summed E-state index contributed by atoms with van der Waals surface area (Å²) in [6.45, 7) is 1.16. The van der Waals surface area contributed by atoms with Crippen LogP contribution in [0.1, 0.15) is 12.8 Å². The van der Waals surface area contributed by atoms with Crippen molar-refractivity contribution in [1.29, 1.82) is 0 Å². The van der Waals surface area contributed by atoms with E-state index in [4.69, 9.17) is 10.6 Å². The number of anilines is 1. The molecule has 1 aliphatic rings. The fourth-order valence-electron chi connectivity index (χ4n) is 1.76. The first-order valence-electron chi connectivity index (χ1n) is 5.64. The maximum atomic E-state index is 12.1. The molecule has 8 heteroatoms. The number of nitrogens with zero attached hydrogens (tertiary/aromatic N) is 1. The number of sulfonamides is 1. The van der Waals surface area contributed by atoms with Crippen LogP contribution in [0, 0.1) is 0 Å². The van der Waals surface area contributed by atoms with Crippen LogP contribution < -0.4 is 16.0 Å². The van der Waals surface area contributed by atoms with Gasteiger partial charge in [0.05, 0.1) is 4.90 Å². The van der Waals surface area contributed by atoms with Gasteiger partial charge in [-0.1, -0.05) is 0 Å². The summed E-state index contributed by atoms with van der Waals surface area (Å²) in [5.41, 5.74) is 2.32. The summed E-state index contributed by atoms with van der Waals surface area (Å²) in [5, 5.41) is 0. The SMILES string of the molecule is NNc1cc(S(=O)(=O)NC2CCOCC2)ccn1. The van der Waals surface area contributed by atoms with E-state index in [0.29, 0.717) is 31.9 Å². The van der Waals surface area contributed by atoms with Crippen LogP contribution in [0.5, 0.6) is 0 Å². The maximum Gasteiger partial charge on any atom is 0.241 e. The topological polar surface area (TPSA) is 106 Å². The highest BCUT2D eigenvalue weighted by Gasteiger charge is 2.22. The van der Waals surface area contributed by atoms with Crippen molar-refractivity contribution < 1.29 is 13.2 Å². The van der Waals surface area contributed by atoms with Gasteiger partial charge in [0.25, 0.3) is 0 Å². The van der Waals surface area contributed by atoms with Crippen molar-refractivity contribution in [2.45, 2.75) is 23.8 Å². The van der Waals surface area contributed by atoms with Gasteiger partial charge >= 0.3 is 0 Å². The monoisotopic (exact) mass is 272 g/mol. The smallest absolute Gasteiger partial charge is 0.241 e. The summed E-state index contributed by atoms with van der Waals surface area (Å²) in [7, 11) is -3.53. The van der Waals surface area contributed by atoms with E-state index in [1.807, 2.05) is 0 Å². The molecule has 4 N–H and O–H groups in total. The van der Waals surface area contributed by atoms with E-state index >= 15 is 0 Å². The Morgan fingerprint density at radius 3 is 2.78 bits per heavy atom. The number of rotatable bonds is 4. The summed E-state index contributed by atoms with van der Waals surface area (Å²) in [5.74, 6) is 5.51. The molecule has 2 heterocycles. The zero-order chi connectivity index (χ0) is 13.0. The second-order valence-corrected chi connectivity index (χ2v) is 5.74. The number of nitrogens with two attached hydrogens (primary N) is 1. The number of nitrogens with one attached hydrogen (secondary N) is 2. The Balaban J connectivity index is 2.13. The average molecular weight is 272 g/mol. The van der Waals surface area contributed by atoms with Crippen LogP contribution in [0.2, 0.25) is 0 Å². The first-order chi connectivity index (χ1) is 8.62. The number of pyridine rings is 1. The number of aromatic nitrogens is 1. The lowest BCUT2D eigenvalue weighted by Crippen LogP contribution is -2.38. The molecule has 0 unspecified atom stereocenters. The van der Waals surface area contributed by atoms with Crippen LogP contribution in [-0.2, 0) is 14.8 Å². The van der Waals surface area contributed by atoms with Crippen molar-refractivity contribution in [3.8, 4) is 0 Å². The summed E-state index contributed by atoms with van der Waals surface area (Å²) < 4.78 is 32.1. The molecule has 1 fully saturated rings. The van der Waals surface area contributed by atoms with E-state index < -0.39 is 10.0 Å². The highest BCUT2D eigenvalue weighted by atomic mass is 32.2. The van der Waals surface area contributed by atoms with Gasteiger partial charge in [-0.05, 0) is 18.9 Å². The summed E-state index contributed by atoms with van der Waals surface area (Å²) in [6.07, 6.45) is 2.77. The van der Waals surface area contributed by atoms with Gasteiger partial charge in [0.1, 0.15) is 5.82 Å². The normalized spacial score (nSPS) is 17.6. The van der Waals surface area contributed by atoms with Gasteiger partial charge in [-0.2, -0.15) is 0 Å². The van der Waals surface area contributed by atoms with Crippen molar-refractivity contribution in [1.82, 2.24) is 9.71 Å². The molecule has 0 aliphatic carbocycles. The van der Waals surface area contributed by atoms with Crippen molar-refractivity contribution in [2.24, 2.45) is 5.84 Å². The number of hydrogen-bond acceptors (Lipinski definition) is 6. The second kappa shape index (κ2) is 5.61. The molecule has 7 nitrogen and oxygen atoms in total. The standard InChI is InChI=1S/C10H16N4O3S/c11-13-10-7-9(1-4-12-10)18(15,16)14-8-2-5-17-6-3-8/h1,4,7-8,14H,2-3,5-6,11H2,(H,12,13). The molecule has 1 aliphatic heterocycles. The van der Waals surface area contributed by atoms with Gasteiger partial charge in [-0.3, -0.25) is 0 Å². The minimum absolute atomic E-state index is 0.0776. The van der Waals surface area contributed by atoms with Gasteiger partial charge in [-0.15, -0.1) is 0 Å². The zero-order valence-electron chi connectivity index (χ0n) is 9.80. The van der Waals surface area contributed by atoms with Crippen LogP contribution in [0.15, 0.2) is 23.2 Å². The number of hydrogen-bond donors (Lipinski definition) is 3. The molecule has 0 aromatic carbocycles. The summed E-state index contributed by atoms with van der Waals surface area (Å²) in [4.78, 5) is 4.02. The number of ether oxygens (including phenoxy) is 1. The molecule has 0 atom stereocenters. The average Bonchev–Trinajstić information content (AvgIpc) is 2.39. The van der Waals surface area contributed by atoms with E-state index in [1.165, 1.54) is 18.3 Å². The zero-order valence-corrected chi connectivity index (χ0v) is 10.6. The van der Waals surface area contributed by atoms with Crippen molar-refractivity contribution in [2.75, 3.05) is 18.6 Å². The summed E-state index contributed by atoms with van der Waals surface area (Å²) >= 11 is 0. The molecule has 100 valence electrons. The molecule has 1 aromatic rings. The minimum Gasteiger partial charge on any atom is -0.381 e. The molecule has 0 radical (unpaired) electrons. The number of hydrazine groups is 1. The molecule has 18 heavy (non-hydrogen) atoms. The largest absolute Gasteiger partial charge is 0.381 e. The molecular formula is C10H16N4O3S. The number of nitrogen functional groups attached to an aromatic ring is 1. The van der Waals surface area contributed by atoms with Gasteiger partial charge in [0, 0.05) is 31.5 Å². The van der Waals surface area contributed by atoms with Crippen LogP contribution in [0.4, 0.5) is 5.82 Å². The second-order valence-electron chi connectivity index (χ2n) is 4.03. The van der Waals surface area contributed by atoms with Gasteiger partial charge in [-0.25, -0.2) is 24.0 Å². The summed E-state index contributed by atoms with van der Waals surface area (Å²) in [6, 6.07) is 2.75. The Kier molecular flexibility index (Phi) is 4.12. The van der Waals surface area contributed by atoms with E-state index in [1.54, 1.807) is 0 Å². The van der Waals surface area contributed by atoms with E-state index in [9.17, 15) is 8.42 Å². The molecule has 1 saturated heterocycles. The highest BCUT2D eigenvalue weighted by Crippen LogP contribution is 2.15. The lowest BCUT2D eigenvalue weighted by Gasteiger charge is -2.22. The van der Waals surface area contributed by atoms with Gasteiger partial charge in [0.2, 0.25) is 10.0 Å².